The van der Waals surface area contributed by atoms with Gasteiger partial charge in [0.15, 0.2) is 0 Å². The number of rotatable bonds is 3. The van der Waals surface area contributed by atoms with Crippen molar-refractivity contribution >= 4 is 11.8 Å². The molecule has 0 spiro atoms. The number of hydrogen-bond donors (Lipinski definition) is 2. The van der Waals surface area contributed by atoms with E-state index in [4.69, 9.17) is 5.73 Å². The van der Waals surface area contributed by atoms with Crippen LogP contribution in [0, 0.1) is 5.92 Å². The highest BCUT2D eigenvalue weighted by Gasteiger charge is 2.22. The van der Waals surface area contributed by atoms with E-state index in [9.17, 15) is 0 Å². The fraction of sp³-hybridized carbons (Fsp3) is 1.00. The topological polar surface area (TPSA) is 38.0 Å². The largest absolute Gasteiger partial charge is 0.328 e. The molecule has 2 atom stereocenters. The summed E-state index contributed by atoms with van der Waals surface area (Å²) >= 11 is 2.10. The molecule has 2 fully saturated rings. The van der Waals surface area contributed by atoms with E-state index in [1.807, 2.05) is 0 Å². The Hall–Kier alpha value is 0.270. The molecule has 2 nitrogen and oxygen atoms in total. The molecule has 0 bridgehead atoms. The number of thioether (sulfide) groups is 1. The Morgan fingerprint density at radius 2 is 1.93 bits per heavy atom. The Bertz CT molecular complexity index is 164. The van der Waals surface area contributed by atoms with Gasteiger partial charge < -0.3 is 11.1 Å². The van der Waals surface area contributed by atoms with E-state index in [-0.39, 0.29) is 0 Å². The lowest BCUT2D eigenvalue weighted by molar-refractivity contribution is 0.412. The number of nitrogens with two attached hydrogens (primary N) is 1. The molecule has 2 unspecified atom stereocenters. The van der Waals surface area contributed by atoms with Gasteiger partial charge in [-0.05, 0) is 56.1 Å². The van der Waals surface area contributed by atoms with Crippen molar-refractivity contribution in [1.82, 2.24) is 5.32 Å². The van der Waals surface area contributed by atoms with Crippen LogP contribution in [0.1, 0.15) is 32.1 Å². The second-order valence-electron chi connectivity index (χ2n) is 4.73. The van der Waals surface area contributed by atoms with Crippen LogP contribution in [-0.2, 0) is 0 Å². The molecule has 82 valence electrons. The van der Waals surface area contributed by atoms with Gasteiger partial charge in [-0.15, -0.1) is 0 Å². The first-order chi connectivity index (χ1) is 6.84. The number of nitrogens with one attached hydrogen (secondary N) is 1. The Labute approximate surface area is 91.4 Å². The lowest BCUT2D eigenvalue weighted by Gasteiger charge is -2.24. The zero-order valence-electron chi connectivity index (χ0n) is 8.87. The van der Waals surface area contributed by atoms with Crippen molar-refractivity contribution in [3.8, 4) is 0 Å². The zero-order chi connectivity index (χ0) is 9.80. The summed E-state index contributed by atoms with van der Waals surface area (Å²) in [6.45, 7) is 1.21. The molecule has 1 saturated heterocycles. The Balaban J connectivity index is 1.61. The predicted molar refractivity (Wildman–Crippen MR) is 63.7 cm³/mol. The maximum absolute atomic E-state index is 5.90. The smallest absolute Gasteiger partial charge is 0.00828 e. The summed E-state index contributed by atoms with van der Waals surface area (Å²) in [6, 6.07) is 1.29. The minimum atomic E-state index is 0.490. The van der Waals surface area contributed by atoms with Gasteiger partial charge in [-0.2, -0.15) is 11.8 Å². The molecule has 2 rings (SSSR count). The van der Waals surface area contributed by atoms with Crippen LogP contribution >= 0.6 is 11.8 Å². The molecule has 14 heavy (non-hydrogen) atoms. The van der Waals surface area contributed by atoms with Gasteiger partial charge >= 0.3 is 0 Å². The Morgan fingerprint density at radius 3 is 2.57 bits per heavy atom. The fourth-order valence-corrected chi connectivity index (χ4v) is 3.64. The molecule has 1 aliphatic carbocycles. The summed E-state index contributed by atoms with van der Waals surface area (Å²) in [5.74, 6) is 3.56. The minimum Gasteiger partial charge on any atom is -0.328 e. The standard InChI is InChI=1S/C11H22N2S/c12-10-2-1-9(7-10)8-13-11-3-5-14-6-4-11/h9-11,13H,1-8,12H2. The van der Waals surface area contributed by atoms with E-state index < -0.39 is 0 Å². The zero-order valence-corrected chi connectivity index (χ0v) is 9.69. The molecule has 1 aliphatic heterocycles. The second-order valence-corrected chi connectivity index (χ2v) is 5.96. The van der Waals surface area contributed by atoms with E-state index in [2.05, 4.69) is 17.1 Å². The van der Waals surface area contributed by atoms with E-state index >= 15 is 0 Å². The molecule has 0 aromatic carbocycles. The average molecular weight is 214 g/mol. The Morgan fingerprint density at radius 1 is 1.14 bits per heavy atom. The SMILES string of the molecule is NC1CCC(CNC2CCSCC2)C1. The van der Waals surface area contributed by atoms with Crippen LogP contribution in [0.3, 0.4) is 0 Å². The monoisotopic (exact) mass is 214 g/mol. The summed E-state index contributed by atoms with van der Waals surface area (Å²) in [5.41, 5.74) is 5.90. The lowest BCUT2D eigenvalue weighted by atomic mass is 10.1. The summed E-state index contributed by atoms with van der Waals surface area (Å²) in [6.07, 6.45) is 6.56. The van der Waals surface area contributed by atoms with Crippen LogP contribution in [0.5, 0.6) is 0 Å². The highest BCUT2D eigenvalue weighted by atomic mass is 32.2. The van der Waals surface area contributed by atoms with Crippen molar-refractivity contribution in [1.29, 1.82) is 0 Å². The fourth-order valence-electron chi connectivity index (χ4n) is 2.53. The van der Waals surface area contributed by atoms with Gasteiger partial charge in [0.25, 0.3) is 0 Å². The van der Waals surface area contributed by atoms with Crippen molar-refractivity contribution in [3.05, 3.63) is 0 Å². The summed E-state index contributed by atoms with van der Waals surface area (Å²) in [5, 5.41) is 3.72. The second kappa shape index (κ2) is 5.38. The van der Waals surface area contributed by atoms with Crippen LogP contribution < -0.4 is 11.1 Å². The third-order valence-electron chi connectivity index (χ3n) is 3.50. The van der Waals surface area contributed by atoms with E-state index in [0.29, 0.717) is 6.04 Å². The normalized spacial score (nSPS) is 34.9. The first-order valence-electron chi connectivity index (χ1n) is 5.91. The maximum atomic E-state index is 5.90. The Kier molecular flexibility index (Phi) is 4.14. The van der Waals surface area contributed by atoms with Crippen LogP contribution in [0.15, 0.2) is 0 Å². The molecule has 3 heteroatoms. The van der Waals surface area contributed by atoms with Gasteiger partial charge in [0.2, 0.25) is 0 Å². The van der Waals surface area contributed by atoms with Crippen molar-refractivity contribution in [2.24, 2.45) is 11.7 Å². The average Bonchev–Trinajstić information content (AvgIpc) is 2.63. The highest BCUT2D eigenvalue weighted by Crippen LogP contribution is 2.24. The first-order valence-corrected chi connectivity index (χ1v) is 7.07. The van der Waals surface area contributed by atoms with E-state index in [1.54, 1.807) is 0 Å². The molecule has 0 amide bonds. The molecule has 1 heterocycles. The third-order valence-corrected chi connectivity index (χ3v) is 4.55. The van der Waals surface area contributed by atoms with Gasteiger partial charge in [-0.25, -0.2) is 0 Å². The van der Waals surface area contributed by atoms with Crippen LogP contribution in [0.4, 0.5) is 0 Å². The predicted octanol–water partition coefficient (Wildman–Crippen LogP) is 1.60. The minimum absolute atomic E-state index is 0.490. The highest BCUT2D eigenvalue weighted by molar-refractivity contribution is 7.99. The molecule has 0 aromatic heterocycles. The molecule has 2 aliphatic rings. The molecule has 1 saturated carbocycles. The van der Waals surface area contributed by atoms with Gasteiger partial charge in [0, 0.05) is 12.1 Å². The van der Waals surface area contributed by atoms with Gasteiger partial charge in [0.1, 0.15) is 0 Å². The first kappa shape index (κ1) is 10.8. The summed E-state index contributed by atoms with van der Waals surface area (Å²) in [4.78, 5) is 0. The van der Waals surface area contributed by atoms with Crippen LogP contribution in [-0.4, -0.2) is 30.1 Å². The quantitative estimate of drug-likeness (QED) is 0.749. The molecule has 3 N–H and O–H groups in total. The van der Waals surface area contributed by atoms with Crippen molar-refractivity contribution < 1.29 is 0 Å². The van der Waals surface area contributed by atoms with Gasteiger partial charge in [-0.3, -0.25) is 0 Å². The van der Waals surface area contributed by atoms with Crippen molar-refractivity contribution in [2.75, 3.05) is 18.1 Å². The molecule has 0 aromatic rings. The van der Waals surface area contributed by atoms with Crippen LogP contribution in [0.25, 0.3) is 0 Å². The van der Waals surface area contributed by atoms with Crippen molar-refractivity contribution in [3.63, 3.8) is 0 Å². The van der Waals surface area contributed by atoms with E-state index in [0.717, 1.165) is 12.0 Å². The van der Waals surface area contributed by atoms with E-state index in [1.165, 1.54) is 50.2 Å². The lowest BCUT2D eigenvalue weighted by Crippen LogP contribution is -2.35. The number of hydrogen-bond acceptors (Lipinski definition) is 3. The molecule has 0 radical (unpaired) electrons. The third kappa shape index (κ3) is 3.14. The molecular weight excluding hydrogens is 192 g/mol. The maximum Gasteiger partial charge on any atom is 0.00828 e. The van der Waals surface area contributed by atoms with Gasteiger partial charge in [-0.1, -0.05) is 0 Å². The summed E-state index contributed by atoms with van der Waals surface area (Å²) < 4.78 is 0. The van der Waals surface area contributed by atoms with Crippen LogP contribution in [0.2, 0.25) is 0 Å². The van der Waals surface area contributed by atoms with Crippen molar-refractivity contribution in [2.45, 2.75) is 44.2 Å². The molecular formula is C11H22N2S. The van der Waals surface area contributed by atoms with Gasteiger partial charge in [0.05, 0.1) is 0 Å². The summed E-state index contributed by atoms with van der Waals surface area (Å²) in [7, 11) is 0.